The van der Waals surface area contributed by atoms with E-state index in [1.165, 1.54) is 44.7 Å². The van der Waals surface area contributed by atoms with E-state index < -0.39 is 0 Å². The number of unbranched alkanes of at least 4 members (excludes halogenated alkanes) is 1. The minimum Gasteiger partial charge on any atom is -0.356 e. The summed E-state index contributed by atoms with van der Waals surface area (Å²) in [4.78, 5) is 13.8. The topological polar surface area (TPSA) is 55.8 Å². The lowest BCUT2D eigenvalue weighted by Crippen LogP contribution is -2.46. The normalized spacial score (nSPS) is 15.8. The van der Waals surface area contributed by atoms with E-state index in [1.807, 2.05) is 25.4 Å². The molecule has 162 valence electrons. The average Bonchev–Trinajstić information content (AvgIpc) is 2.80. The number of guanidine groups is 1. The zero-order valence-electron chi connectivity index (χ0n) is 18.3. The average molecular weight is 409 g/mol. The number of hydrogen-bond acceptors (Lipinski definition) is 4. The molecule has 30 heavy (non-hydrogen) atoms. The van der Waals surface area contributed by atoms with Crippen LogP contribution in [0.3, 0.4) is 0 Å². The van der Waals surface area contributed by atoms with Gasteiger partial charge in [0.25, 0.3) is 0 Å². The molecule has 1 aliphatic heterocycles. The van der Waals surface area contributed by atoms with Gasteiger partial charge in [-0.3, -0.25) is 14.9 Å². The monoisotopic (exact) mass is 408 g/mol. The van der Waals surface area contributed by atoms with Crippen LogP contribution in [0.2, 0.25) is 0 Å². The molecule has 1 saturated heterocycles. The van der Waals surface area contributed by atoms with E-state index in [4.69, 9.17) is 0 Å². The molecule has 0 saturated carbocycles. The van der Waals surface area contributed by atoms with Crippen molar-refractivity contribution >= 4 is 5.96 Å². The molecule has 0 spiro atoms. The SMILES string of the molecule is CN=C(NCCCCN1CCN(Cc2ccccc2)CC1)NCCc1ccccn1. The van der Waals surface area contributed by atoms with Crippen molar-refractivity contribution in [2.24, 2.45) is 4.99 Å². The van der Waals surface area contributed by atoms with Gasteiger partial charge >= 0.3 is 0 Å². The standard InChI is InChI=1S/C24H36N6/c1-25-24(28-15-12-23-11-5-6-13-26-23)27-14-7-8-16-29-17-19-30(20-18-29)21-22-9-3-2-4-10-22/h2-6,9-11,13H,7-8,12,14-21H2,1H3,(H2,25,27,28). The maximum Gasteiger partial charge on any atom is 0.190 e. The lowest BCUT2D eigenvalue weighted by Gasteiger charge is -2.34. The summed E-state index contributed by atoms with van der Waals surface area (Å²) in [5, 5.41) is 6.79. The molecule has 0 atom stereocenters. The molecule has 2 N–H and O–H groups in total. The molecule has 6 heteroatoms. The molecule has 1 fully saturated rings. The Balaban J connectivity index is 1.21. The number of aromatic nitrogens is 1. The van der Waals surface area contributed by atoms with Crippen LogP contribution in [0.15, 0.2) is 59.7 Å². The molecule has 1 aromatic carbocycles. The quantitative estimate of drug-likeness (QED) is 0.359. The van der Waals surface area contributed by atoms with E-state index in [9.17, 15) is 0 Å². The molecular formula is C24H36N6. The Morgan fingerprint density at radius 1 is 0.900 bits per heavy atom. The maximum atomic E-state index is 4.35. The van der Waals surface area contributed by atoms with Gasteiger partial charge in [-0.1, -0.05) is 36.4 Å². The number of pyridine rings is 1. The number of aliphatic imine (C=N–C) groups is 1. The molecule has 3 rings (SSSR count). The molecule has 0 radical (unpaired) electrons. The highest BCUT2D eigenvalue weighted by Crippen LogP contribution is 2.09. The van der Waals surface area contributed by atoms with Crippen LogP contribution < -0.4 is 10.6 Å². The van der Waals surface area contributed by atoms with Crippen molar-refractivity contribution in [3.63, 3.8) is 0 Å². The van der Waals surface area contributed by atoms with Gasteiger partial charge in [0, 0.05) is 71.2 Å². The van der Waals surface area contributed by atoms with Crippen LogP contribution in [0.5, 0.6) is 0 Å². The van der Waals surface area contributed by atoms with Crippen molar-refractivity contribution in [1.29, 1.82) is 0 Å². The van der Waals surface area contributed by atoms with Crippen LogP contribution in [0, 0.1) is 0 Å². The Bertz CT molecular complexity index is 726. The Morgan fingerprint density at radius 2 is 1.63 bits per heavy atom. The van der Waals surface area contributed by atoms with Gasteiger partial charge in [-0.25, -0.2) is 0 Å². The summed E-state index contributed by atoms with van der Waals surface area (Å²) >= 11 is 0. The zero-order chi connectivity index (χ0) is 20.9. The molecule has 0 aliphatic carbocycles. The van der Waals surface area contributed by atoms with E-state index in [2.05, 4.69) is 66.8 Å². The highest BCUT2D eigenvalue weighted by molar-refractivity contribution is 5.79. The number of rotatable bonds is 10. The van der Waals surface area contributed by atoms with Crippen molar-refractivity contribution in [1.82, 2.24) is 25.4 Å². The first-order valence-corrected chi connectivity index (χ1v) is 11.2. The molecule has 1 aliphatic rings. The Labute approximate surface area is 181 Å². The number of nitrogens with zero attached hydrogens (tertiary/aromatic N) is 4. The first kappa shape index (κ1) is 22.2. The summed E-state index contributed by atoms with van der Waals surface area (Å²) in [5.41, 5.74) is 2.52. The zero-order valence-corrected chi connectivity index (χ0v) is 18.3. The molecular weight excluding hydrogens is 372 g/mol. The third-order valence-electron chi connectivity index (χ3n) is 5.53. The van der Waals surface area contributed by atoms with Crippen molar-refractivity contribution < 1.29 is 0 Å². The summed E-state index contributed by atoms with van der Waals surface area (Å²) in [5.74, 6) is 0.875. The van der Waals surface area contributed by atoms with Gasteiger partial charge in [-0.2, -0.15) is 0 Å². The number of benzene rings is 1. The molecule has 0 unspecified atom stereocenters. The van der Waals surface area contributed by atoms with E-state index in [-0.39, 0.29) is 0 Å². The third kappa shape index (κ3) is 8.13. The van der Waals surface area contributed by atoms with Crippen molar-refractivity contribution in [3.8, 4) is 0 Å². The first-order chi connectivity index (χ1) is 14.8. The van der Waals surface area contributed by atoms with E-state index in [0.29, 0.717) is 0 Å². The minimum atomic E-state index is 0.837. The first-order valence-electron chi connectivity index (χ1n) is 11.2. The Kier molecular flexibility index (Phi) is 9.63. The van der Waals surface area contributed by atoms with E-state index in [1.54, 1.807) is 0 Å². The minimum absolute atomic E-state index is 0.837. The predicted molar refractivity (Wildman–Crippen MR) is 125 cm³/mol. The van der Waals surface area contributed by atoms with Gasteiger partial charge in [-0.05, 0) is 37.1 Å². The maximum absolute atomic E-state index is 4.35. The molecule has 2 heterocycles. The predicted octanol–water partition coefficient (Wildman–Crippen LogP) is 2.39. The fourth-order valence-corrected chi connectivity index (χ4v) is 3.76. The van der Waals surface area contributed by atoms with Gasteiger partial charge in [-0.15, -0.1) is 0 Å². The van der Waals surface area contributed by atoms with Crippen molar-refractivity contribution in [2.45, 2.75) is 25.8 Å². The molecule has 0 amide bonds. The smallest absolute Gasteiger partial charge is 0.190 e. The molecule has 0 bridgehead atoms. The van der Waals surface area contributed by atoms with Crippen LogP contribution in [0.25, 0.3) is 0 Å². The second kappa shape index (κ2) is 13.0. The Morgan fingerprint density at radius 3 is 2.37 bits per heavy atom. The summed E-state index contributed by atoms with van der Waals surface area (Å²) in [7, 11) is 1.82. The third-order valence-corrected chi connectivity index (χ3v) is 5.53. The van der Waals surface area contributed by atoms with Gasteiger partial charge in [0.1, 0.15) is 0 Å². The molecule has 6 nitrogen and oxygen atoms in total. The number of piperazine rings is 1. The van der Waals surface area contributed by atoms with Gasteiger partial charge in [0.15, 0.2) is 5.96 Å². The summed E-state index contributed by atoms with van der Waals surface area (Å²) in [6.07, 6.45) is 5.12. The fraction of sp³-hybridized carbons (Fsp3) is 0.500. The van der Waals surface area contributed by atoms with Crippen LogP contribution in [-0.2, 0) is 13.0 Å². The lowest BCUT2D eigenvalue weighted by molar-refractivity contribution is 0.126. The molecule has 2 aromatic rings. The van der Waals surface area contributed by atoms with E-state index in [0.717, 1.165) is 44.1 Å². The molecule has 1 aromatic heterocycles. The van der Waals surface area contributed by atoms with Crippen molar-refractivity contribution in [2.75, 3.05) is 52.9 Å². The summed E-state index contributed by atoms with van der Waals surface area (Å²) in [6.45, 7) is 8.74. The van der Waals surface area contributed by atoms with Crippen molar-refractivity contribution in [3.05, 3.63) is 66.0 Å². The van der Waals surface area contributed by atoms with Crippen LogP contribution in [-0.4, -0.2) is 73.6 Å². The highest BCUT2D eigenvalue weighted by atomic mass is 15.3. The van der Waals surface area contributed by atoms with Gasteiger partial charge < -0.3 is 15.5 Å². The fourth-order valence-electron chi connectivity index (χ4n) is 3.76. The summed E-state index contributed by atoms with van der Waals surface area (Å²) < 4.78 is 0. The van der Waals surface area contributed by atoms with Crippen LogP contribution in [0.1, 0.15) is 24.1 Å². The summed E-state index contributed by atoms with van der Waals surface area (Å²) in [6, 6.07) is 16.8. The van der Waals surface area contributed by atoms with Crippen LogP contribution >= 0.6 is 0 Å². The van der Waals surface area contributed by atoms with Gasteiger partial charge in [0.05, 0.1) is 0 Å². The number of hydrogen-bond donors (Lipinski definition) is 2. The van der Waals surface area contributed by atoms with E-state index >= 15 is 0 Å². The Hall–Kier alpha value is -2.44. The second-order valence-corrected chi connectivity index (χ2v) is 7.81. The lowest BCUT2D eigenvalue weighted by atomic mass is 10.2. The number of nitrogens with one attached hydrogen (secondary N) is 2. The van der Waals surface area contributed by atoms with Gasteiger partial charge in [0.2, 0.25) is 0 Å². The second-order valence-electron chi connectivity index (χ2n) is 7.81. The largest absolute Gasteiger partial charge is 0.356 e. The van der Waals surface area contributed by atoms with Crippen LogP contribution in [0.4, 0.5) is 0 Å². The highest BCUT2D eigenvalue weighted by Gasteiger charge is 2.16.